The lowest BCUT2D eigenvalue weighted by Crippen LogP contribution is -2.33. The SMILES string of the molecule is CC(OC1C=C(Br)C(C)(Br)C(Br)=C1Br)OC1C=C(Br)C(C)(Br)C(Br)=C1Br. The molecule has 0 N–H and O–H groups in total. The van der Waals surface area contributed by atoms with E-state index in [1.54, 1.807) is 0 Å². The van der Waals surface area contributed by atoms with Crippen molar-refractivity contribution in [3.63, 3.8) is 0 Å². The van der Waals surface area contributed by atoms with Crippen molar-refractivity contribution in [3.8, 4) is 0 Å². The summed E-state index contributed by atoms with van der Waals surface area (Å²) in [6, 6.07) is 0. The highest BCUT2D eigenvalue weighted by Crippen LogP contribution is 2.50. The molecule has 2 aliphatic rings. The van der Waals surface area contributed by atoms with Crippen molar-refractivity contribution in [3.05, 3.63) is 39.0 Å². The van der Waals surface area contributed by atoms with Gasteiger partial charge in [0.15, 0.2) is 6.29 Å². The van der Waals surface area contributed by atoms with Crippen molar-refractivity contribution >= 4 is 127 Å². The molecular formula is C16H14Br8O2. The molecule has 0 aromatic rings. The Morgan fingerprint density at radius 2 is 1.08 bits per heavy atom. The summed E-state index contributed by atoms with van der Waals surface area (Å²) in [5.41, 5.74) is 0. The van der Waals surface area contributed by atoms with Crippen LogP contribution in [0.2, 0.25) is 0 Å². The molecule has 4 unspecified atom stereocenters. The van der Waals surface area contributed by atoms with E-state index >= 15 is 0 Å². The average molecular weight is 878 g/mol. The van der Waals surface area contributed by atoms with Crippen LogP contribution in [0.3, 0.4) is 0 Å². The highest BCUT2D eigenvalue weighted by molar-refractivity contribution is 9.17. The quantitative estimate of drug-likeness (QED) is 0.208. The summed E-state index contributed by atoms with van der Waals surface area (Å²) < 4.78 is 17.3. The van der Waals surface area contributed by atoms with Gasteiger partial charge in [-0.15, -0.1) is 0 Å². The molecule has 0 spiro atoms. The highest BCUT2D eigenvalue weighted by Gasteiger charge is 2.39. The maximum atomic E-state index is 6.11. The van der Waals surface area contributed by atoms with Crippen molar-refractivity contribution in [1.29, 1.82) is 0 Å². The minimum Gasteiger partial charge on any atom is -0.340 e. The molecule has 4 atom stereocenters. The zero-order valence-corrected chi connectivity index (χ0v) is 26.4. The number of ether oxygens (including phenoxy) is 2. The highest BCUT2D eigenvalue weighted by atomic mass is 79.9. The first kappa shape index (κ1) is 25.0. The minimum absolute atomic E-state index is 0.261. The van der Waals surface area contributed by atoms with Crippen molar-refractivity contribution in [2.24, 2.45) is 0 Å². The molecule has 0 bridgehead atoms. The number of hydrogen-bond donors (Lipinski definition) is 0. The molecule has 2 aliphatic carbocycles. The first-order chi connectivity index (χ1) is 11.8. The van der Waals surface area contributed by atoms with Gasteiger partial charge in [-0.1, -0.05) is 127 Å². The Kier molecular flexibility index (Phi) is 9.10. The van der Waals surface area contributed by atoms with Gasteiger partial charge in [-0.05, 0) is 32.9 Å². The molecule has 0 saturated heterocycles. The van der Waals surface area contributed by atoms with Crippen molar-refractivity contribution in [2.75, 3.05) is 0 Å². The maximum absolute atomic E-state index is 6.11. The van der Waals surface area contributed by atoms with Gasteiger partial charge in [0.25, 0.3) is 0 Å². The van der Waals surface area contributed by atoms with Gasteiger partial charge in [0, 0.05) is 26.9 Å². The third kappa shape index (κ3) is 5.13. The third-order valence-electron chi connectivity index (χ3n) is 3.91. The Morgan fingerprint density at radius 1 is 0.769 bits per heavy atom. The molecule has 26 heavy (non-hydrogen) atoms. The fourth-order valence-electron chi connectivity index (χ4n) is 2.28. The zero-order chi connectivity index (χ0) is 20.0. The predicted octanol–water partition coefficient (Wildman–Crippen LogP) is 9.00. The Morgan fingerprint density at radius 3 is 1.38 bits per heavy atom. The molecule has 2 nitrogen and oxygen atoms in total. The molecule has 146 valence electrons. The fourth-order valence-corrected chi connectivity index (χ4v) is 7.06. The summed E-state index contributed by atoms with van der Waals surface area (Å²) >= 11 is 29.1. The first-order valence-electron chi connectivity index (χ1n) is 7.35. The summed E-state index contributed by atoms with van der Waals surface area (Å²) in [4.78, 5) is 0. The van der Waals surface area contributed by atoms with Crippen LogP contribution in [-0.2, 0) is 9.47 Å². The lowest BCUT2D eigenvalue weighted by molar-refractivity contribution is -0.148. The van der Waals surface area contributed by atoms with Crippen LogP contribution < -0.4 is 0 Å². The van der Waals surface area contributed by atoms with Gasteiger partial charge in [-0.3, -0.25) is 0 Å². The minimum atomic E-state index is -0.446. The largest absolute Gasteiger partial charge is 0.340 e. The number of allylic oxidation sites excluding steroid dienone is 4. The summed E-state index contributed by atoms with van der Waals surface area (Å²) in [6.07, 6.45) is 3.04. The lowest BCUT2D eigenvalue weighted by Gasteiger charge is -2.34. The molecule has 0 saturated carbocycles. The topological polar surface area (TPSA) is 18.5 Å². The fraction of sp³-hybridized carbons (Fsp3) is 0.500. The summed E-state index contributed by atoms with van der Waals surface area (Å²) in [7, 11) is 0. The number of hydrogen-bond acceptors (Lipinski definition) is 2. The normalized spacial score (nSPS) is 36.9. The number of rotatable bonds is 4. The van der Waals surface area contributed by atoms with Gasteiger partial charge in [0.05, 0.1) is 8.65 Å². The summed E-state index contributed by atoms with van der Waals surface area (Å²) in [5, 5.41) is 0. The average Bonchev–Trinajstić information content (AvgIpc) is 2.55. The third-order valence-corrected chi connectivity index (χ3v) is 15.0. The van der Waals surface area contributed by atoms with Gasteiger partial charge in [0.1, 0.15) is 12.2 Å². The summed E-state index contributed by atoms with van der Waals surface area (Å²) in [6.45, 7) is 5.99. The molecular weight excluding hydrogens is 863 g/mol. The van der Waals surface area contributed by atoms with Crippen LogP contribution in [0.25, 0.3) is 0 Å². The molecule has 10 heteroatoms. The van der Waals surface area contributed by atoms with E-state index in [4.69, 9.17) is 9.47 Å². The van der Waals surface area contributed by atoms with Crippen LogP contribution in [-0.4, -0.2) is 27.1 Å². The van der Waals surface area contributed by atoms with Gasteiger partial charge in [-0.2, -0.15) is 0 Å². The van der Waals surface area contributed by atoms with Crippen molar-refractivity contribution < 1.29 is 9.47 Å². The monoisotopic (exact) mass is 869 g/mol. The Labute approximate surface area is 221 Å². The summed E-state index contributed by atoms with van der Waals surface area (Å²) in [5.74, 6) is 0. The van der Waals surface area contributed by atoms with E-state index < -0.39 is 6.29 Å². The van der Waals surface area contributed by atoms with Gasteiger partial charge < -0.3 is 9.47 Å². The van der Waals surface area contributed by atoms with Gasteiger partial charge >= 0.3 is 0 Å². The predicted molar refractivity (Wildman–Crippen MR) is 138 cm³/mol. The smallest absolute Gasteiger partial charge is 0.157 e. The van der Waals surface area contributed by atoms with Crippen LogP contribution in [0.15, 0.2) is 39.0 Å². The van der Waals surface area contributed by atoms with E-state index in [2.05, 4.69) is 141 Å². The van der Waals surface area contributed by atoms with Crippen LogP contribution in [0.4, 0.5) is 0 Å². The van der Waals surface area contributed by atoms with E-state index in [0.29, 0.717) is 0 Å². The van der Waals surface area contributed by atoms with Gasteiger partial charge in [0.2, 0.25) is 0 Å². The lowest BCUT2D eigenvalue weighted by atomic mass is 10.0. The van der Waals surface area contributed by atoms with Crippen LogP contribution in [0.5, 0.6) is 0 Å². The maximum Gasteiger partial charge on any atom is 0.157 e. The van der Waals surface area contributed by atoms with Crippen molar-refractivity contribution in [2.45, 2.75) is 47.9 Å². The van der Waals surface area contributed by atoms with Crippen molar-refractivity contribution in [1.82, 2.24) is 0 Å². The van der Waals surface area contributed by atoms with E-state index in [1.807, 2.05) is 19.1 Å². The van der Waals surface area contributed by atoms with Gasteiger partial charge in [-0.25, -0.2) is 0 Å². The molecule has 0 aromatic heterocycles. The first-order valence-corrected chi connectivity index (χ1v) is 13.7. The van der Waals surface area contributed by atoms with E-state index in [1.165, 1.54) is 0 Å². The Hall–Kier alpha value is 2.72. The number of halogens is 8. The molecule has 0 fully saturated rings. The molecule has 2 rings (SSSR count). The van der Waals surface area contributed by atoms with E-state index in [0.717, 1.165) is 26.9 Å². The second-order valence-electron chi connectivity index (χ2n) is 6.04. The second-order valence-corrected chi connectivity index (χ2v) is 14.2. The molecule has 0 amide bonds. The zero-order valence-electron chi connectivity index (χ0n) is 13.7. The van der Waals surface area contributed by atoms with Crippen LogP contribution in [0, 0.1) is 0 Å². The van der Waals surface area contributed by atoms with E-state index in [9.17, 15) is 0 Å². The molecule has 0 radical (unpaired) electrons. The molecule has 0 aromatic carbocycles. The standard InChI is InChI=1S/C16H14Br8O2/c1-6(25-7-4-9(17)15(2,23)13(21)11(7)19)26-8-5-10(18)16(3,24)14(22)12(8)20/h4-8H,1-3H3. The Balaban J connectivity index is 2.14. The molecule has 0 heterocycles. The van der Waals surface area contributed by atoms with Crippen LogP contribution >= 0.6 is 127 Å². The molecule has 0 aliphatic heterocycles. The Bertz CT molecular complexity index is 660. The van der Waals surface area contributed by atoms with E-state index in [-0.39, 0.29) is 20.9 Å². The number of alkyl halides is 2. The second kappa shape index (κ2) is 9.47. The van der Waals surface area contributed by atoms with Crippen LogP contribution in [0.1, 0.15) is 20.8 Å².